The Morgan fingerprint density at radius 3 is 2.40 bits per heavy atom. The molecule has 0 aliphatic rings. The lowest BCUT2D eigenvalue weighted by molar-refractivity contribution is 0.440. The molecular formula is C22H20N2O. The largest absolute Gasteiger partial charge is 0.335 e. The molecule has 0 unspecified atom stereocenters. The van der Waals surface area contributed by atoms with Crippen molar-refractivity contribution < 1.29 is 4.52 Å². The molecular weight excluding hydrogens is 308 g/mol. The predicted molar refractivity (Wildman–Crippen MR) is 102 cm³/mol. The fourth-order valence-corrected chi connectivity index (χ4v) is 3.15. The lowest BCUT2D eigenvalue weighted by Crippen LogP contribution is -1.91. The van der Waals surface area contributed by atoms with Crippen LogP contribution in [0.1, 0.15) is 23.7 Å². The molecule has 25 heavy (non-hydrogen) atoms. The summed E-state index contributed by atoms with van der Waals surface area (Å²) in [5.74, 6) is 0. The molecule has 3 heteroatoms. The second-order valence-electron chi connectivity index (χ2n) is 6.38. The lowest BCUT2D eigenvalue weighted by Gasteiger charge is -2.09. The summed E-state index contributed by atoms with van der Waals surface area (Å²) in [7, 11) is 0. The number of benzene rings is 2. The first kappa shape index (κ1) is 15.6. The molecule has 124 valence electrons. The van der Waals surface area contributed by atoms with Crippen molar-refractivity contribution in [3.8, 4) is 22.4 Å². The van der Waals surface area contributed by atoms with Crippen LogP contribution >= 0.6 is 0 Å². The van der Waals surface area contributed by atoms with Gasteiger partial charge in [0.25, 0.3) is 5.71 Å². The van der Waals surface area contributed by atoms with Crippen LogP contribution in [0.5, 0.6) is 0 Å². The summed E-state index contributed by atoms with van der Waals surface area (Å²) >= 11 is 0. The first-order chi connectivity index (χ1) is 12.2. The van der Waals surface area contributed by atoms with Crippen LogP contribution in [-0.2, 0) is 6.42 Å². The van der Waals surface area contributed by atoms with Crippen LogP contribution in [0.4, 0.5) is 0 Å². The van der Waals surface area contributed by atoms with Gasteiger partial charge in [-0.15, -0.1) is 0 Å². The second-order valence-corrected chi connectivity index (χ2v) is 6.38. The van der Waals surface area contributed by atoms with Gasteiger partial charge >= 0.3 is 0 Å². The summed E-state index contributed by atoms with van der Waals surface area (Å²) in [6.45, 7) is 6.33. The molecule has 0 radical (unpaired) electrons. The minimum atomic E-state index is 0.603. The highest BCUT2D eigenvalue weighted by molar-refractivity contribution is 5.96. The van der Waals surface area contributed by atoms with Gasteiger partial charge in [0.2, 0.25) is 0 Å². The van der Waals surface area contributed by atoms with Gasteiger partial charge < -0.3 is 4.52 Å². The summed E-state index contributed by atoms with van der Waals surface area (Å²) in [5, 5.41) is 5.24. The summed E-state index contributed by atoms with van der Waals surface area (Å²) in [5.41, 5.74) is 8.37. The van der Waals surface area contributed by atoms with E-state index in [9.17, 15) is 0 Å². The van der Waals surface area contributed by atoms with E-state index >= 15 is 0 Å². The molecule has 4 rings (SSSR count). The number of fused-ring (bicyclic) bond motifs is 1. The van der Waals surface area contributed by atoms with Crippen LogP contribution in [0.3, 0.4) is 0 Å². The van der Waals surface area contributed by atoms with Crippen LogP contribution in [0.25, 0.3) is 33.5 Å². The summed E-state index contributed by atoms with van der Waals surface area (Å²) in [6.07, 6.45) is 0.817. The molecule has 0 atom stereocenters. The number of aryl methyl sites for hydroxylation is 3. The maximum absolute atomic E-state index is 5.56. The zero-order valence-corrected chi connectivity index (χ0v) is 14.7. The molecule has 0 aliphatic carbocycles. The van der Waals surface area contributed by atoms with Gasteiger partial charge in [0.05, 0.1) is 16.8 Å². The van der Waals surface area contributed by atoms with E-state index in [0.717, 1.165) is 39.9 Å². The SMILES string of the molecule is CCc1noc2nc(-c3ccc(C)c(C)c3)cc(-c3ccccc3)c12. The van der Waals surface area contributed by atoms with Crippen molar-refractivity contribution in [3.63, 3.8) is 0 Å². The Balaban J connectivity index is 2.00. The van der Waals surface area contributed by atoms with Crippen LogP contribution < -0.4 is 0 Å². The molecule has 4 aromatic rings. The van der Waals surface area contributed by atoms with Crippen molar-refractivity contribution in [2.75, 3.05) is 0 Å². The number of aromatic nitrogens is 2. The number of hydrogen-bond donors (Lipinski definition) is 0. The Labute approximate surface area is 147 Å². The van der Waals surface area contributed by atoms with E-state index in [-0.39, 0.29) is 0 Å². The summed E-state index contributed by atoms with van der Waals surface area (Å²) in [4.78, 5) is 4.74. The molecule has 2 aromatic carbocycles. The van der Waals surface area contributed by atoms with Crippen LogP contribution in [0, 0.1) is 13.8 Å². The molecule has 3 nitrogen and oxygen atoms in total. The van der Waals surface area contributed by atoms with E-state index in [0.29, 0.717) is 5.71 Å². The molecule has 0 fully saturated rings. The van der Waals surface area contributed by atoms with Crippen molar-refractivity contribution >= 4 is 11.1 Å². The van der Waals surface area contributed by atoms with Gasteiger partial charge in [0.15, 0.2) is 0 Å². The van der Waals surface area contributed by atoms with Gasteiger partial charge in [-0.05, 0) is 54.7 Å². The number of pyridine rings is 1. The average molecular weight is 328 g/mol. The Hall–Kier alpha value is -2.94. The van der Waals surface area contributed by atoms with Gasteiger partial charge in [-0.2, -0.15) is 0 Å². The van der Waals surface area contributed by atoms with Crippen molar-refractivity contribution in [1.29, 1.82) is 0 Å². The molecule has 2 heterocycles. The Bertz CT molecular complexity index is 1050. The molecule has 0 saturated heterocycles. The highest BCUT2D eigenvalue weighted by Gasteiger charge is 2.17. The van der Waals surface area contributed by atoms with Crippen LogP contribution in [0.15, 0.2) is 59.1 Å². The molecule has 0 aliphatic heterocycles. The van der Waals surface area contributed by atoms with Crippen molar-refractivity contribution in [3.05, 3.63) is 71.4 Å². The quantitative estimate of drug-likeness (QED) is 0.481. The zero-order chi connectivity index (χ0) is 17.4. The highest BCUT2D eigenvalue weighted by atomic mass is 16.5. The standard InChI is InChI=1S/C22H20N2O/c1-4-19-21-18(16-8-6-5-7-9-16)13-20(23-22(21)25-24-19)17-11-10-14(2)15(3)12-17/h5-13H,4H2,1-3H3. The highest BCUT2D eigenvalue weighted by Crippen LogP contribution is 2.34. The van der Waals surface area contributed by atoms with E-state index in [2.05, 4.69) is 74.5 Å². The molecule has 0 bridgehead atoms. The van der Waals surface area contributed by atoms with Crippen molar-refractivity contribution in [1.82, 2.24) is 10.1 Å². The number of hydrogen-bond acceptors (Lipinski definition) is 3. The van der Waals surface area contributed by atoms with E-state index in [1.54, 1.807) is 0 Å². The second kappa shape index (κ2) is 6.17. The Morgan fingerprint density at radius 1 is 0.880 bits per heavy atom. The number of rotatable bonds is 3. The first-order valence-electron chi connectivity index (χ1n) is 8.59. The average Bonchev–Trinajstić information content (AvgIpc) is 3.07. The Morgan fingerprint density at radius 2 is 1.68 bits per heavy atom. The van der Waals surface area contributed by atoms with Crippen LogP contribution in [0.2, 0.25) is 0 Å². The monoisotopic (exact) mass is 328 g/mol. The summed E-state index contributed by atoms with van der Waals surface area (Å²) in [6, 6.07) is 18.9. The van der Waals surface area contributed by atoms with Gasteiger partial charge in [-0.25, -0.2) is 4.98 Å². The predicted octanol–water partition coefficient (Wildman–Crippen LogP) is 5.74. The smallest absolute Gasteiger partial charge is 0.259 e. The molecule has 2 aromatic heterocycles. The molecule has 0 amide bonds. The van der Waals surface area contributed by atoms with E-state index < -0.39 is 0 Å². The first-order valence-corrected chi connectivity index (χ1v) is 8.59. The minimum Gasteiger partial charge on any atom is -0.335 e. The van der Waals surface area contributed by atoms with Crippen molar-refractivity contribution in [2.24, 2.45) is 0 Å². The van der Waals surface area contributed by atoms with E-state index in [4.69, 9.17) is 9.51 Å². The molecule has 0 saturated carbocycles. The van der Waals surface area contributed by atoms with Gasteiger partial charge in [0, 0.05) is 5.56 Å². The third kappa shape index (κ3) is 2.72. The summed E-state index contributed by atoms with van der Waals surface area (Å²) < 4.78 is 5.56. The fourth-order valence-electron chi connectivity index (χ4n) is 3.15. The van der Waals surface area contributed by atoms with E-state index in [1.807, 2.05) is 6.07 Å². The third-order valence-corrected chi connectivity index (χ3v) is 4.74. The molecule has 0 N–H and O–H groups in total. The maximum Gasteiger partial charge on any atom is 0.259 e. The van der Waals surface area contributed by atoms with Gasteiger partial charge in [-0.3, -0.25) is 0 Å². The zero-order valence-electron chi connectivity index (χ0n) is 14.7. The minimum absolute atomic E-state index is 0.603. The van der Waals surface area contributed by atoms with Crippen molar-refractivity contribution in [2.45, 2.75) is 27.2 Å². The van der Waals surface area contributed by atoms with Gasteiger partial charge in [0.1, 0.15) is 0 Å². The van der Waals surface area contributed by atoms with Gasteiger partial charge in [-0.1, -0.05) is 54.5 Å². The van der Waals surface area contributed by atoms with E-state index in [1.165, 1.54) is 11.1 Å². The third-order valence-electron chi connectivity index (χ3n) is 4.74. The maximum atomic E-state index is 5.56. The Kier molecular flexibility index (Phi) is 3.85. The number of nitrogens with zero attached hydrogens (tertiary/aromatic N) is 2. The normalized spacial score (nSPS) is 11.2. The van der Waals surface area contributed by atoms with Crippen LogP contribution in [-0.4, -0.2) is 10.1 Å². The fraction of sp³-hybridized carbons (Fsp3) is 0.182. The molecule has 0 spiro atoms. The topological polar surface area (TPSA) is 38.9 Å². The lowest BCUT2D eigenvalue weighted by atomic mass is 9.97.